The molecule has 126 valence electrons. The van der Waals surface area contributed by atoms with Gasteiger partial charge in [-0.2, -0.15) is 0 Å². The van der Waals surface area contributed by atoms with Crippen LogP contribution in [0.25, 0.3) is 0 Å². The highest BCUT2D eigenvalue weighted by Gasteiger charge is 2.24. The molecule has 0 spiro atoms. The minimum absolute atomic E-state index is 0.0288. The van der Waals surface area contributed by atoms with Gasteiger partial charge in [-0.05, 0) is 24.5 Å². The summed E-state index contributed by atoms with van der Waals surface area (Å²) in [5.74, 6) is 0.724. The number of hydrogen-bond donors (Lipinski definition) is 3. The van der Waals surface area contributed by atoms with Crippen molar-refractivity contribution in [2.75, 3.05) is 44.7 Å². The number of hydrogen-bond acceptors (Lipinski definition) is 5. The molecule has 2 rings (SSSR count). The highest BCUT2D eigenvalue weighted by Crippen LogP contribution is 2.31. The third-order valence-electron chi connectivity index (χ3n) is 3.93. The first-order valence-electron chi connectivity index (χ1n) is 7.75. The molecule has 1 unspecified atom stereocenters. The van der Waals surface area contributed by atoms with Gasteiger partial charge in [0.05, 0.1) is 25.9 Å². The van der Waals surface area contributed by atoms with Crippen LogP contribution in [0, 0.1) is 5.92 Å². The summed E-state index contributed by atoms with van der Waals surface area (Å²) < 4.78 is 5.39. The molecule has 2 amide bonds. The molecule has 1 heterocycles. The maximum atomic E-state index is 11.7. The highest BCUT2D eigenvalue weighted by molar-refractivity contribution is 5.85. The van der Waals surface area contributed by atoms with Crippen LogP contribution in [0.1, 0.15) is 6.42 Å². The summed E-state index contributed by atoms with van der Waals surface area (Å²) in [7, 11) is 1.67. The zero-order valence-corrected chi connectivity index (χ0v) is 13.4. The van der Waals surface area contributed by atoms with Crippen LogP contribution in [0.4, 0.5) is 5.69 Å². The van der Waals surface area contributed by atoms with Crippen LogP contribution in [-0.4, -0.2) is 51.6 Å². The van der Waals surface area contributed by atoms with E-state index in [-0.39, 0.29) is 24.9 Å². The van der Waals surface area contributed by atoms with Crippen molar-refractivity contribution in [3.63, 3.8) is 0 Å². The molecule has 0 radical (unpaired) electrons. The van der Waals surface area contributed by atoms with E-state index in [1.165, 1.54) is 0 Å². The number of carbonyl (C=O) groups excluding carboxylic acids is 2. The van der Waals surface area contributed by atoms with Gasteiger partial charge in [0.1, 0.15) is 5.75 Å². The Morgan fingerprint density at radius 1 is 1.30 bits per heavy atom. The Balaban J connectivity index is 1.77. The Morgan fingerprint density at radius 3 is 2.83 bits per heavy atom. The molecular weight excluding hydrogens is 296 g/mol. The van der Waals surface area contributed by atoms with Crippen LogP contribution in [0.2, 0.25) is 0 Å². The summed E-state index contributed by atoms with van der Waals surface area (Å²) in [6.45, 7) is 2.27. The van der Waals surface area contributed by atoms with Crippen molar-refractivity contribution in [2.45, 2.75) is 6.42 Å². The van der Waals surface area contributed by atoms with E-state index in [1.54, 1.807) is 7.11 Å². The molecule has 23 heavy (non-hydrogen) atoms. The average Bonchev–Trinajstić information content (AvgIpc) is 3.06. The molecule has 1 saturated heterocycles. The fourth-order valence-corrected chi connectivity index (χ4v) is 2.68. The summed E-state index contributed by atoms with van der Waals surface area (Å²) in [4.78, 5) is 24.9. The van der Waals surface area contributed by atoms with E-state index in [1.807, 2.05) is 24.3 Å². The van der Waals surface area contributed by atoms with Gasteiger partial charge >= 0.3 is 0 Å². The Kier molecular flexibility index (Phi) is 6.22. The van der Waals surface area contributed by atoms with E-state index in [9.17, 15) is 9.59 Å². The SMILES string of the molecule is COc1ccccc1N1CCC(CNC(=O)CNC(=O)CN)C1. The third-order valence-corrected chi connectivity index (χ3v) is 3.93. The molecule has 7 nitrogen and oxygen atoms in total. The second kappa shape index (κ2) is 8.38. The first-order chi connectivity index (χ1) is 11.1. The maximum absolute atomic E-state index is 11.7. The lowest BCUT2D eigenvalue weighted by molar-refractivity contribution is -0.125. The smallest absolute Gasteiger partial charge is 0.239 e. The van der Waals surface area contributed by atoms with Crippen molar-refractivity contribution in [1.82, 2.24) is 10.6 Å². The van der Waals surface area contributed by atoms with Gasteiger partial charge < -0.3 is 26.0 Å². The van der Waals surface area contributed by atoms with Crippen molar-refractivity contribution < 1.29 is 14.3 Å². The molecule has 1 atom stereocenters. The van der Waals surface area contributed by atoms with Gasteiger partial charge in [0, 0.05) is 19.6 Å². The number of nitrogens with one attached hydrogen (secondary N) is 2. The number of carbonyl (C=O) groups is 2. The van der Waals surface area contributed by atoms with Crippen LogP contribution in [-0.2, 0) is 9.59 Å². The zero-order valence-electron chi connectivity index (χ0n) is 13.4. The van der Waals surface area contributed by atoms with Gasteiger partial charge in [0.2, 0.25) is 11.8 Å². The summed E-state index contributed by atoms with van der Waals surface area (Å²) in [6, 6.07) is 7.94. The van der Waals surface area contributed by atoms with E-state index < -0.39 is 0 Å². The van der Waals surface area contributed by atoms with Crippen molar-refractivity contribution in [1.29, 1.82) is 0 Å². The van der Waals surface area contributed by atoms with Crippen molar-refractivity contribution in [3.8, 4) is 5.75 Å². The van der Waals surface area contributed by atoms with Crippen molar-refractivity contribution in [2.24, 2.45) is 11.7 Å². The van der Waals surface area contributed by atoms with Gasteiger partial charge in [0.15, 0.2) is 0 Å². The zero-order chi connectivity index (χ0) is 16.7. The molecule has 1 aliphatic heterocycles. The van der Waals surface area contributed by atoms with Crippen LogP contribution in [0.5, 0.6) is 5.75 Å². The number of rotatable bonds is 7. The second-order valence-corrected chi connectivity index (χ2v) is 5.56. The fourth-order valence-electron chi connectivity index (χ4n) is 2.68. The summed E-state index contributed by atoms with van der Waals surface area (Å²) in [6.07, 6.45) is 1.01. The summed E-state index contributed by atoms with van der Waals surface area (Å²) in [5, 5.41) is 5.31. The lowest BCUT2D eigenvalue weighted by Crippen LogP contribution is -2.41. The molecule has 0 aliphatic carbocycles. The number of ether oxygens (including phenoxy) is 1. The number of methoxy groups -OCH3 is 1. The highest BCUT2D eigenvalue weighted by atomic mass is 16.5. The van der Waals surface area contributed by atoms with Crippen LogP contribution >= 0.6 is 0 Å². The van der Waals surface area contributed by atoms with Gasteiger partial charge in [-0.3, -0.25) is 9.59 Å². The Labute approximate surface area is 136 Å². The minimum Gasteiger partial charge on any atom is -0.495 e. The lowest BCUT2D eigenvalue weighted by Gasteiger charge is -2.21. The number of benzene rings is 1. The number of anilines is 1. The molecule has 4 N–H and O–H groups in total. The molecule has 1 fully saturated rings. The van der Waals surface area contributed by atoms with Crippen LogP contribution < -0.4 is 26.0 Å². The van der Waals surface area contributed by atoms with Gasteiger partial charge in [-0.1, -0.05) is 12.1 Å². The van der Waals surface area contributed by atoms with Crippen molar-refractivity contribution in [3.05, 3.63) is 24.3 Å². The summed E-state index contributed by atoms with van der Waals surface area (Å²) >= 11 is 0. The Hall–Kier alpha value is -2.28. The first-order valence-corrected chi connectivity index (χ1v) is 7.75. The first kappa shape index (κ1) is 17.1. The number of nitrogens with zero attached hydrogens (tertiary/aromatic N) is 1. The van der Waals surface area contributed by atoms with E-state index in [2.05, 4.69) is 15.5 Å². The number of nitrogens with two attached hydrogens (primary N) is 1. The van der Waals surface area contributed by atoms with E-state index >= 15 is 0 Å². The summed E-state index contributed by atoms with van der Waals surface area (Å²) in [5.41, 5.74) is 6.25. The van der Waals surface area contributed by atoms with E-state index in [0.717, 1.165) is 30.9 Å². The molecule has 1 aromatic carbocycles. The number of para-hydroxylation sites is 2. The van der Waals surface area contributed by atoms with Crippen molar-refractivity contribution >= 4 is 17.5 Å². The maximum Gasteiger partial charge on any atom is 0.239 e. The molecule has 0 bridgehead atoms. The standard InChI is InChI=1S/C16H24N4O3/c1-23-14-5-3-2-4-13(14)20-7-6-12(11-20)9-18-16(22)10-19-15(21)8-17/h2-5,12H,6-11,17H2,1H3,(H,18,22)(H,19,21). The fraction of sp³-hybridized carbons (Fsp3) is 0.500. The largest absolute Gasteiger partial charge is 0.495 e. The van der Waals surface area contributed by atoms with Gasteiger partial charge in [-0.25, -0.2) is 0 Å². The quantitative estimate of drug-likeness (QED) is 0.642. The number of amides is 2. The Bertz CT molecular complexity index is 550. The molecule has 1 aliphatic rings. The monoisotopic (exact) mass is 320 g/mol. The predicted octanol–water partition coefficient (Wildman–Crippen LogP) is -0.287. The second-order valence-electron chi connectivity index (χ2n) is 5.56. The predicted molar refractivity (Wildman–Crippen MR) is 88.4 cm³/mol. The van der Waals surface area contributed by atoms with Gasteiger partial charge in [0.25, 0.3) is 0 Å². The average molecular weight is 320 g/mol. The third kappa shape index (κ3) is 4.85. The topological polar surface area (TPSA) is 96.7 Å². The molecule has 0 aromatic heterocycles. The van der Waals surface area contributed by atoms with Crippen LogP contribution in [0.3, 0.4) is 0 Å². The van der Waals surface area contributed by atoms with Gasteiger partial charge in [-0.15, -0.1) is 0 Å². The van der Waals surface area contributed by atoms with E-state index in [0.29, 0.717) is 12.5 Å². The normalized spacial score (nSPS) is 17.0. The van der Waals surface area contributed by atoms with E-state index in [4.69, 9.17) is 10.5 Å². The lowest BCUT2D eigenvalue weighted by atomic mass is 10.1. The molecule has 1 aromatic rings. The van der Waals surface area contributed by atoms with Crippen LogP contribution in [0.15, 0.2) is 24.3 Å². The molecule has 7 heteroatoms. The minimum atomic E-state index is -0.330. The Morgan fingerprint density at radius 2 is 2.09 bits per heavy atom. The molecular formula is C16H24N4O3. The molecule has 0 saturated carbocycles.